The van der Waals surface area contributed by atoms with E-state index in [0.29, 0.717) is 23.0 Å². The highest BCUT2D eigenvalue weighted by Crippen LogP contribution is 2.37. The molecule has 2 aromatic rings. The van der Waals surface area contributed by atoms with Crippen LogP contribution in [0.5, 0.6) is 0 Å². The van der Waals surface area contributed by atoms with Crippen LogP contribution >= 0.6 is 0 Å². The van der Waals surface area contributed by atoms with Crippen molar-refractivity contribution in [1.82, 2.24) is 15.5 Å². The van der Waals surface area contributed by atoms with Crippen molar-refractivity contribution >= 4 is 23.9 Å². The van der Waals surface area contributed by atoms with Gasteiger partial charge < -0.3 is 35.8 Å². The van der Waals surface area contributed by atoms with Gasteiger partial charge in [0.2, 0.25) is 0 Å². The van der Waals surface area contributed by atoms with Gasteiger partial charge >= 0.3 is 6.18 Å². The third kappa shape index (κ3) is 20.9. The second kappa shape index (κ2) is 29.5. The first-order valence-electron chi connectivity index (χ1n) is 19.5. The lowest BCUT2D eigenvalue weighted by atomic mass is 10.0. The van der Waals surface area contributed by atoms with E-state index in [-0.39, 0.29) is 5.69 Å². The van der Waals surface area contributed by atoms with Gasteiger partial charge in [0.05, 0.1) is 5.56 Å². The molecule has 0 atom stereocenters. The molecule has 2 aliphatic heterocycles. The Hall–Kier alpha value is -2.95. The number of alkyl halides is 3. The number of rotatable bonds is 13. The lowest BCUT2D eigenvalue weighted by Crippen LogP contribution is -2.45. The molecular weight excluding hydrogens is 663 g/mol. The van der Waals surface area contributed by atoms with Crippen molar-refractivity contribution in [2.75, 3.05) is 50.9 Å². The summed E-state index contributed by atoms with van der Waals surface area (Å²) in [6.45, 7) is 19.7. The molecule has 4 N–H and O–H groups in total. The number of benzene rings is 2. The number of para-hydroxylation sites is 1. The zero-order chi connectivity index (χ0) is 39.4. The minimum atomic E-state index is -4.30. The number of aryl methyl sites for hydroxylation is 2. The molecule has 0 bridgehead atoms. The van der Waals surface area contributed by atoms with Gasteiger partial charge in [-0.1, -0.05) is 76.3 Å². The van der Waals surface area contributed by atoms with E-state index in [9.17, 15) is 18.0 Å². The molecule has 2 fully saturated rings. The van der Waals surface area contributed by atoms with Gasteiger partial charge in [0, 0.05) is 43.5 Å². The number of piperidine rings is 2. The Labute approximate surface area is 314 Å². The molecule has 2 saturated heterocycles. The number of nitrogens with one attached hydrogen (secondary N) is 4. The van der Waals surface area contributed by atoms with Crippen molar-refractivity contribution in [3.8, 4) is 0 Å². The average molecular weight is 736 g/mol. The SMILES string of the molecule is C1CCN(C2CCNCC2)CC1.C=O.CCCC(CCC)Nc1ccccc1CNC.CCCCC(C)=O.CNc1c(C)cc(C)cc1C(F)(F)F. The zero-order valence-electron chi connectivity index (χ0n) is 33.7. The normalized spacial score (nSPS) is 14.6. The summed E-state index contributed by atoms with van der Waals surface area (Å²) in [5, 5.41) is 12.9. The number of likely N-dealkylation sites (tertiary alicyclic amines) is 1. The molecule has 0 aliphatic carbocycles. The van der Waals surface area contributed by atoms with Crippen LogP contribution in [0.25, 0.3) is 0 Å². The summed E-state index contributed by atoms with van der Waals surface area (Å²) in [6, 6.07) is 13.0. The Bertz CT molecular complexity index is 1180. The van der Waals surface area contributed by atoms with E-state index in [1.165, 1.54) is 102 Å². The molecule has 7 nitrogen and oxygen atoms in total. The number of nitrogens with zero attached hydrogens (tertiary/aromatic N) is 1. The van der Waals surface area contributed by atoms with E-state index in [1.54, 1.807) is 26.8 Å². The van der Waals surface area contributed by atoms with Crippen molar-refractivity contribution in [1.29, 1.82) is 0 Å². The second-order valence-corrected chi connectivity index (χ2v) is 13.7. The standard InChI is InChI=1S/C15H26N2.C10H12F3N.C10H20N2.C6H12O.CH2O/c1-4-8-14(9-5-2)17-15-11-7-6-10-13(15)12-16-3;1-6-4-7(2)9(14-3)8(5-6)10(11,12)13;1-2-8-12(9-3-1)10-4-6-11-7-5-10;1-3-4-5-6(2)7;1-2/h6-7,10-11,14,16-17H,4-5,8-9,12H2,1-3H3;4-5,14H,1-3H3;10-11H,1-9H2;3-5H2,1-2H3;1H2. The Morgan fingerprint density at radius 3 is 2.02 bits per heavy atom. The highest BCUT2D eigenvalue weighted by Gasteiger charge is 2.34. The molecule has 0 amide bonds. The van der Waals surface area contributed by atoms with Gasteiger partial charge in [0.25, 0.3) is 0 Å². The van der Waals surface area contributed by atoms with Gasteiger partial charge in [-0.3, -0.25) is 0 Å². The molecule has 298 valence electrons. The largest absolute Gasteiger partial charge is 0.418 e. The lowest BCUT2D eigenvalue weighted by molar-refractivity contribution is -0.137. The van der Waals surface area contributed by atoms with Gasteiger partial charge in [-0.25, -0.2) is 0 Å². The number of Topliss-reactive ketones (excluding diaryl/α,β-unsaturated/α-hetero) is 1. The van der Waals surface area contributed by atoms with Crippen LogP contribution in [-0.4, -0.2) is 69.8 Å². The van der Waals surface area contributed by atoms with Crippen molar-refractivity contribution in [3.63, 3.8) is 0 Å². The number of anilines is 2. The maximum absolute atomic E-state index is 12.6. The zero-order valence-corrected chi connectivity index (χ0v) is 33.7. The molecule has 2 aliphatic rings. The Balaban J connectivity index is 0.000000680. The van der Waals surface area contributed by atoms with Gasteiger partial charge in [-0.2, -0.15) is 13.2 Å². The van der Waals surface area contributed by atoms with E-state index in [1.807, 2.05) is 13.8 Å². The maximum Gasteiger partial charge on any atom is 0.418 e. The molecule has 0 radical (unpaired) electrons. The van der Waals surface area contributed by atoms with Crippen molar-refractivity contribution < 1.29 is 22.8 Å². The summed E-state index contributed by atoms with van der Waals surface area (Å²) in [7, 11) is 3.49. The number of ketones is 1. The number of carbonyl (C=O) groups excluding carboxylic acids is 2. The summed E-state index contributed by atoms with van der Waals surface area (Å²) in [5.41, 5.74) is 3.43. The van der Waals surface area contributed by atoms with Crippen LogP contribution in [0, 0.1) is 13.8 Å². The van der Waals surface area contributed by atoms with Gasteiger partial charge in [0.1, 0.15) is 12.6 Å². The molecule has 0 saturated carbocycles. The van der Waals surface area contributed by atoms with E-state index in [2.05, 4.69) is 71.2 Å². The summed E-state index contributed by atoms with van der Waals surface area (Å²) >= 11 is 0. The Morgan fingerprint density at radius 2 is 1.54 bits per heavy atom. The highest BCUT2D eigenvalue weighted by molar-refractivity contribution is 5.75. The molecule has 0 spiro atoms. The third-order valence-corrected chi connectivity index (χ3v) is 9.15. The van der Waals surface area contributed by atoms with Gasteiger partial charge in [-0.05, 0) is 122 Å². The van der Waals surface area contributed by atoms with Crippen LogP contribution in [0.3, 0.4) is 0 Å². The fraction of sp³-hybridized carbons (Fsp3) is 0.667. The molecule has 2 heterocycles. The van der Waals surface area contributed by atoms with Crippen molar-refractivity contribution in [2.45, 2.75) is 143 Å². The van der Waals surface area contributed by atoms with E-state index in [4.69, 9.17) is 4.79 Å². The van der Waals surface area contributed by atoms with Gasteiger partial charge in [-0.15, -0.1) is 0 Å². The van der Waals surface area contributed by atoms with Gasteiger partial charge in [0.15, 0.2) is 0 Å². The monoisotopic (exact) mass is 736 g/mol. The predicted molar refractivity (Wildman–Crippen MR) is 216 cm³/mol. The average Bonchev–Trinajstić information content (AvgIpc) is 3.14. The molecule has 10 heteroatoms. The number of halogens is 3. The van der Waals surface area contributed by atoms with Crippen molar-refractivity contribution in [3.05, 3.63) is 58.7 Å². The molecule has 52 heavy (non-hydrogen) atoms. The topological polar surface area (TPSA) is 85.5 Å². The molecule has 4 rings (SSSR count). The third-order valence-electron chi connectivity index (χ3n) is 9.15. The van der Waals surface area contributed by atoms with E-state index in [0.717, 1.165) is 37.9 Å². The Kier molecular flexibility index (Phi) is 27.8. The fourth-order valence-corrected chi connectivity index (χ4v) is 6.62. The number of hydrogen-bond donors (Lipinski definition) is 4. The van der Waals surface area contributed by atoms with Crippen LogP contribution in [0.1, 0.15) is 127 Å². The van der Waals surface area contributed by atoms with Crippen LogP contribution in [0.2, 0.25) is 0 Å². The minimum Gasteiger partial charge on any atom is -0.387 e. The first-order chi connectivity index (χ1) is 24.9. The predicted octanol–water partition coefficient (Wildman–Crippen LogP) is 9.96. The van der Waals surface area contributed by atoms with Crippen LogP contribution in [-0.2, 0) is 22.3 Å². The van der Waals surface area contributed by atoms with Crippen LogP contribution < -0.4 is 21.3 Å². The molecule has 0 unspecified atom stereocenters. The van der Waals surface area contributed by atoms with Crippen molar-refractivity contribution in [2.24, 2.45) is 0 Å². The van der Waals surface area contributed by atoms with Crippen LogP contribution in [0.15, 0.2) is 36.4 Å². The molecular formula is C42H72F3N5O2. The number of hydrogen-bond acceptors (Lipinski definition) is 7. The summed E-state index contributed by atoms with van der Waals surface area (Å²) in [5.74, 6) is 0.307. The first-order valence-corrected chi connectivity index (χ1v) is 19.5. The Morgan fingerprint density at radius 1 is 0.942 bits per heavy atom. The lowest BCUT2D eigenvalue weighted by Gasteiger charge is -2.36. The number of unbranched alkanes of at least 4 members (excludes halogenated alkanes) is 1. The molecule has 0 aromatic heterocycles. The second-order valence-electron chi connectivity index (χ2n) is 13.7. The summed E-state index contributed by atoms with van der Waals surface area (Å²) in [6.07, 6.45) is 10.7. The van der Waals surface area contributed by atoms with Crippen LogP contribution in [0.4, 0.5) is 24.5 Å². The number of carbonyl (C=O) groups is 2. The molecule has 2 aromatic carbocycles. The quantitative estimate of drug-likeness (QED) is 0.163. The summed E-state index contributed by atoms with van der Waals surface area (Å²) < 4.78 is 37.7. The van der Waals surface area contributed by atoms with E-state index < -0.39 is 11.7 Å². The fourth-order valence-electron chi connectivity index (χ4n) is 6.62. The van der Waals surface area contributed by atoms with E-state index >= 15 is 0 Å². The smallest absolute Gasteiger partial charge is 0.387 e. The minimum absolute atomic E-state index is 0.156. The highest BCUT2D eigenvalue weighted by atomic mass is 19.4. The summed E-state index contributed by atoms with van der Waals surface area (Å²) in [4.78, 5) is 20.9. The first kappa shape index (κ1) is 49.1. The maximum atomic E-state index is 12.6.